The van der Waals surface area contributed by atoms with Crippen molar-refractivity contribution in [2.45, 2.75) is 25.3 Å². The molecule has 2 rings (SSSR count). The van der Waals surface area contributed by atoms with Gasteiger partial charge in [-0.25, -0.2) is 0 Å². The van der Waals surface area contributed by atoms with Gasteiger partial charge < -0.3 is 15.7 Å². The van der Waals surface area contributed by atoms with Gasteiger partial charge in [0, 0.05) is 31.0 Å². The summed E-state index contributed by atoms with van der Waals surface area (Å²) < 4.78 is 0. The number of pyridine rings is 1. The summed E-state index contributed by atoms with van der Waals surface area (Å²) in [5.74, 6) is 0.0530. The molecule has 0 aromatic carbocycles. The van der Waals surface area contributed by atoms with E-state index in [2.05, 4.69) is 15.6 Å². The molecule has 19 heavy (non-hydrogen) atoms. The molecule has 1 aliphatic rings. The van der Waals surface area contributed by atoms with Crippen LogP contribution in [0.1, 0.15) is 18.5 Å². The Bertz CT molecular complexity index is 391. The average molecular weight is 263 g/mol. The Morgan fingerprint density at radius 2 is 2.47 bits per heavy atom. The van der Waals surface area contributed by atoms with Crippen LogP contribution in [0.25, 0.3) is 0 Å². The monoisotopic (exact) mass is 263 g/mol. The van der Waals surface area contributed by atoms with E-state index in [9.17, 15) is 9.90 Å². The molecular weight excluding hydrogens is 242 g/mol. The number of carbonyl (C=O) groups is 1. The molecule has 5 nitrogen and oxygen atoms in total. The standard InChI is InChI=1S/C14H21N3O2/c18-10-11(8-12-4-1-2-6-15-12)9-17-14(19)13-5-3-7-16-13/h1-2,4,6,11,13,16,18H,3,5,7-10H2,(H,17,19). The van der Waals surface area contributed by atoms with Crippen LogP contribution in [-0.2, 0) is 11.2 Å². The zero-order valence-electron chi connectivity index (χ0n) is 11.0. The molecule has 1 aliphatic heterocycles. The number of nitrogens with one attached hydrogen (secondary N) is 2. The third-order valence-electron chi connectivity index (χ3n) is 3.42. The van der Waals surface area contributed by atoms with Crippen molar-refractivity contribution in [3.05, 3.63) is 30.1 Å². The quantitative estimate of drug-likeness (QED) is 0.680. The molecule has 1 saturated heterocycles. The van der Waals surface area contributed by atoms with Gasteiger partial charge in [0.1, 0.15) is 0 Å². The molecule has 5 heteroatoms. The highest BCUT2D eigenvalue weighted by atomic mass is 16.3. The van der Waals surface area contributed by atoms with Gasteiger partial charge in [0.15, 0.2) is 0 Å². The zero-order chi connectivity index (χ0) is 13.5. The Morgan fingerprint density at radius 3 is 3.11 bits per heavy atom. The van der Waals surface area contributed by atoms with Crippen molar-refractivity contribution in [2.24, 2.45) is 5.92 Å². The molecule has 1 fully saturated rings. The van der Waals surface area contributed by atoms with Crippen LogP contribution in [0.15, 0.2) is 24.4 Å². The number of hydrogen-bond acceptors (Lipinski definition) is 4. The topological polar surface area (TPSA) is 74.2 Å². The van der Waals surface area contributed by atoms with Crippen molar-refractivity contribution in [3.63, 3.8) is 0 Å². The summed E-state index contributed by atoms with van der Waals surface area (Å²) in [5.41, 5.74) is 0.940. The molecule has 1 aromatic heterocycles. The van der Waals surface area contributed by atoms with Gasteiger partial charge in [-0.15, -0.1) is 0 Å². The largest absolute Gasteiger partial charge is 0.396 e. The zero-order valence-corrected chi connectivity index (χ0v) is 11.0. The lowest BCUT2D eigenvalue weighted by Crippen LogP contribution is -2.43. The molecule has 3 N–H and O–H groups in total. The first-order valence-corrected chi connectivity index (χ1v) is 6.81. The van der Waals surface area contributed by atoms with Crippen molar-refractivity contribution in [2.75, 3.05) is 19.7 Å². The minimum atomic E-state index is -0.0609. The van der Waals surface area contributed by atoms with Gasteiger partial charge in [0.25, 0.3) is 0 Å². The molecule has 0 aliphatic carbocycles. The fraction of sp³-hybridized carbons (Fsp3) is 0.571. The maximum atomic E-state index is 11.8. The molecule has 104 valence electrons. The molecule has 0 spiro atoms. The molecular formula is C14H21N3O2. The van der Waals surface area contributed by atoms with Crippen molar-refractivity contribution in [3.8, 4) is 0 Å². The van der Waals surface area contributed by atoms with Gasteiger partial charge in [0.05, 0.1) is 6.04 Å². The summed E-state index contributed by atoms with van der Waals surface area (Å²) >= 11 is 0. The molecule has 0 saturated carbocycles. The number of nitrogens with zero attached hydrogens (tertiary/aromatic N) is 1. The minimum Gasteiger partial charge on any atom is -0.396 e. The number of aromatic nitrogens is 1. The first kappa shape index (κ1) is 14.0. The summed E-state index contributed by atoms with van der Waals surface area (Å²) in [6.45, 7) is 1.45. The van der Waals surface area contributed by atoms with Crippen LogP contribution in [0.5, 0.6) is 0 Å². The first-order chi connectivity index (χ1) is 9.29. The highest BCUT2D eigenvalue weighted by Crippen LogP contribution is 2.07. The van der Waals surface area contributed by atoms with E-state index in [0.717, 1.165) is 25.1 Å². The lowest BCUT2D eigenvalue weighted by atomic mass is 10.0. The summed E-state index contributed by atoms with van der Waals surface area (Å²) in [5, 5.41) is 15.4. The summed E-state index contributed by atoms with van der Waals surface area (Å²) in [6.07, 6.45) is 4.37. The van der Waals surface area contributed by atoms with Gasteiger partial charge in [-0.2, -0.15) is 0 Å². The van der Waals surface area contributed by atoms with E-state index in [1.54, 1.807) is 6.20 Å². The fourth-order valence-corrected chi connectivity index (χ4v) is 2.29. The van der Waals surface area contributed by atoms with Gasteiger partial charge in [-0.1, -0.05) is 6.07 Å². The smallest absolute Gasteiger partial charge is 0.237 e. The molecule has 1 amide bonds. The fourth-order valence-electron chi connectivity index (χ4n) is 2.29. The van der Waals surface area contributed by atoms with E-state index in [1.807, 2.05) is 18.2 Å². The molecule has 1 aromatic rings. The van der Waals surface area contributed by atoms with Crippen LogP contribution in [0.4, 0.5) is 0 Å². The Labute approximate surface area is 113 Å². The van der Waals surface area contributed by atoms with Gasteiger partial charge in [-0.05, 0) is 37.9 Å². The van der Waals surface area contributed by atoms with Crippen LogP contribution >= 0.6 is 0 Å². The minimum absolute atomic E-state index is 0.0141. The van der Waals surface area contributed by atoms with Crippen LogP contribution in [0, 0.1) is 5.92 Å². The lowest BCUT2D eigenvalue weighted by molar-refractivity contribution is -0.123. The molecule has 0 bridgehead atoms. The number of hydrogen-bond donors (Lipinski definition) is 3. The molecule has 2 unspecified atom stereocenters. The van der Waals surface area contributed by atoms with Gasteiger partial charge >= 0.3 is 0 Å². The highest BCUT2D eigenvalue weighted by molar-refractivity contribution is 5.81. The number of aliphatic hydroxyl groups is 1. The Hall–Kier alpha value is -1.46. The Morgan fingerprint density at radius 1 is 1.58 bits per heavy atom. The van der Waals surface area contributed by atoms with Gasteiger partial charge in [0.2, 0.25) is 5.91 Å². The number of rotatable bonds is 6. The van der Waals surface area contributed by atoms with Crippen LogP contribution in [0.2, 0.25) is 0 Å². The number of amides is 1. The third-order valence-corrected chi connectivity index (χ3v) is 3.42. The van der Waals surface area contributed by atoms with E-state index in [1.165, 1.54) is 0 Å². The van der Waals surface area contributed by atoms with Crippen LogP contribution < -0.4 is 10.6 Å². The van der Waals surface area contributed by atoms with Crippen molar-refractivity contribution < 1.29 is 9.90 Å². The van der Waals surface area contributed by atoms with Crippen LogP contribution in [-0.4, -0.2) is 41.7 Å². The predicted octanol–water partition coefficient (Wildman–Crippen LogP) is 0.101. The van der Waals surface area contributed by atoms with E-state index >= 15 is 0 Å². The van der Waals surface area contributed by atoms with Crippen molar-refractivity contribution >= 4 is 5.91 Å². The predicted molar refractivity (Wildman–Crippen MR) is 72.6 cm³/mol. The van der Waals surface area contributed by atoms with Crippen molar-refractivity contribution in [1.82, 2.24) is 15.6 Å². The second-order valence-corrected chi connectivity index (χ2v) is 4.97. The van der Waals surface area contributed by atoms with E-state index in [0.29, 0.717) is 13.0 Å². The number of aliphatic hydroxyl groups excluding tert-OH is 1. The first-order valence-electron chi connectivity index (χ1n) is 6.81. The second kappa shape index (κ2) is 7.21. The van der Waals surface area contributed by atoms with Gasteiger partial charge in [-0.3, -0.25) is 9.78 Å². The van der Waals surface area contributed by atoms with Crippen molar-refractivity contribution in [1.29, 1.82) is 0 Å². The van der Waals surface area contributed by atoms with Crippen LogP contribution in [0.3, 0.4) is 0 Å². The average Bonchev–Trinajstić information content (AvgIpc) is 2.98. The highest BCUT2D eigenvalue weighted by Gasteiger charge is 2.22. The maximum Gasteiger partial charge on any atom is 0.237 e. The normalized spacial score (nSPS) is 20.2. The second-order valence-electron chi connectivity index (χ2n) is 4.97. The third kappa shape index (κ3) is 4.29. The molecule has 2 atom stereocenters. The summed E-state index contributed by atoms with van der Waals surface area (Å²) in [6, 6.07) is 5.67. The molecule has 2 heterocycles. The maximum absolute atomic E-state index is 11.8. The summed E-state index contributed by atoms with van der Waals surface area (Å²) in [4.78, 5) is 16.1. The lowest BCUT2D eigenvalue weighted by Gasteiger charge is -2.16. The van der Waals surface area contributed by atoms with E-state index in [4.69, 9.17) is 0 Å². The Balaban J connectivity index is 1.77. The number of carbonyl (C=O) groups excluding carboxylic acids is 1. The summed E-state index contributed by atoms with van der Waals surface area (Å²) in [7, 11) is 0. The van der Waals surface area contributed by atoms with E-state index < -0.39 is 0 Å². The SMILES string of the molecule is O=C(NCC(CO)Cc1ccccn1)C1CCCN1. The van der Waals surface area contributed by atoms with E-state index in [-0.39, 0.29) is 24.5 Å². The Kier molecular flexibility index (Phi) is 5.30. The molecule has 0 radical (unpaired) electrons.